The molecule has 6 heteroatoms. The highest BCUT2D eigenvalue weighted by Gasteiger charge is 2.15. The molecule has 0 saturated carbocycles. The number of hydrogen-bond donors (Lipinski definition) is 0. The molecular weight excluding hydrogens is 279 g/mol. The van der Waals surface area contributed by atoms with Crippen LogP contribution in [0.2, 0.25) is 5.02 Å². The Balaban J connectivity index is 3.41. The van der Waals surface area contributed by atoms with Crippen molar-refractivity contribution in [1.29, 1.82) is 0 Å². The molecule has 0 saturated heterocycles. The van der Waals surface area contributed by atoms with Crippen molar-refractivity contribution in [1.82, 2.24) is 0 Å². The maximum atomic E-state index is 11.1. The third-order valence-corrected chi connectivity index (χ3v) is 3.51. The average molecular weight is 286 g/mol. The summed E-state index contributed by atoms with van der Waals surface area (Å²) in [6, 6.07) is 4.38. The molecule has 0 fully saturated rings. The summed E-state index contributed by atoms with van der Waals surface area (Å²) >= 11 is 8.19. The van der Waals surface area contributed by atoms with Crippen molar-refractivity contribution in [2.24, 2.45) is 0 Å². The highest BCUT2D eigenvalue weighted by molar-refractivity contribution is 9.47. The predicted octanol–water partition coefficient (Wildman–Crippen LogP) is 2.43. The van der Waals surface area contributed by atoms with Crippen molar-refractivity contribution in [3.63, 3.8) is 0 Å². The number of methoxy groups -OCH3 is 1. The molecule has 0 bridgehead atoms. The van der Waals surface area contributed by atoms with E-state index in [9.17, 15) is 8.42 Å². The predicted molar refractivity (Wildman–Crippen MR) is 54.1 cm³/mol. The van der Waals surface area contributed by atoms with Gasteiger partial charge >= 0.3 is 0 Å². The van der Waals surface area contributed by atoms with Gasteiger partial charge in [-0.2, -0.15) is 0 Å². The van der Waals surface area contributed by atoms with Crippen LogP contribution in [0, 0.1) is 0 Å². The van der Waals surface area contributed by atoms with Crippen LogP contribution >= 0.6 is 26.4 Å². The first-order chi connectivity index (χ1) is 5.95. The molecule has 0 radical (unpaired) electrons. The molecule has 0 atom stereocenters. The molecule has 0 unspecified atom stereocenters. The van der Waals surface area contributed by atoms with E-state index in [4.69, 9.17) is 16.3 Å². The van der Waals surface area contributed by atoms with Crippen molar-refractivity contribution in [3.05, 3.63) is 23.2 Å². The van der Waals surface area contributed by atoms with Crippen molar-refractivity contribution in [2.75, 3.05) is 7.11 Å². The summed E-state index contributed by atoms with van der Waals surface area (Å²) < 4.78 is 27.1. The molecule has 0 aliphatic heterocycles. The van der Waals surface area contributed by atoms with E-state index in [-0.39, 0.29) is 10.6 Å². The summed E-state index contributed by atoms with van der Waals surface area (Å²) in [6.45, 7) is 0. The average Bonchev–Trinajstić information content (AvgIpc) is 2.03. The van der Waals surface area contributed by atoms with Gasteiger partial charge in [-0.15, -0.1) is 0 Å². The normalized spacial score (nSPS) is 11.3. The van der Waals surface area contributed by atoms with Gasteiger partial charge < -0.3 is 4.74 Å². The zero-order valence-electron chi connectivity index (χ0n) is 6.62. The molecule has 13 heavy (non-hydrogen) atoms. The molecule has 1 rings (SSSR count). The second kappa shape index (κ2) is 3.86. The van der Waals surface area contributed by atoms with E-state index in [2.05, 4.69) is 14.8 Å². The minimum Gasteiger partial charge on any atom is -0.495 e. The number of benzene rings is 1. The van der Waals surface area contributed by atoms with Gasteiger partial charge in [0.25, 0.3) is 0 Å². The van der Waals surface area contributed by atoms with E-state index in [0.717, 1.165) is 0 Å². The lowest BCUT2D eigenvalue weighted by atomic mass is 10.3. The van der Waals surface area contributed by atoms with Gasteiger partial charge in [0.05, 0.1) is 21.9 Å². The summed E-state index contributed by atoms with van der Waals surface area (Å²) in [5.74, 6) is 0.265. The molecule has 3 nitrogen and oxygen atoms in total. The van der Waals surface area contributed by atoms with E-state index < -0.39 is 8.27 Å². The SMILES string of the molecule is COc1ccc(Cl)cc1S(=O)(=O)Br. The molecule has 1 aromatic rings. The van der Waals surface area contributed by atoms with E-state index in [1.807, 2.05) is 0 Å². The summed E-state index contributed by atoms with van der Waals surface area (Å²) in [5, 5.41) is 0.346. The van der Waals surface area contributed by atoms with Crippen LogP contribution in [-0.4, -0.2) is 15.5 Å². The Morgan fingerprint density at radius 3 is 2.54 bits per heavy atom. The minimum atomic E-state index is -3.47. The van der Waals surface area contributed by atoms with Gasteiger partial charge in [0.15, 0.2) is 0 Å². The highest BCUT2D eigenvalue weighted by Crippen LogP contribution is 2.30. The zero-order valence-corrected chi connectivity index (χ0v) is 9.78. The molecule has 0 aliphatic rings. The van der Waals surface area contributed by atoms with Crippen LogP contribution in [0.4, 0.5) is 0 Å². The zero-order chi connectivity index (χ0) is 10.1. The van der Waals surface area contributed by atoms with Crippen LogP contribution in [-0.2, 0) is 8.27 Å². The van der Waals surface area contributed by atoms with Crippen LogP contribution in [0.25, 0.3) is 0 Å². The number of rotatable bonds is 2. The fourth-order valence-corrected chi connectivity index (χ4v) is 2.50. The van der Waals surface area contributed by atoms with Gasteiger partial charge in [-0.3, -0.25) is 0 Å². The lowest BCUT2D eigenvalue weighted by Gasteiger charge is -2.04. The fourth-order valence-electron chi connectivity index (χ4n) is 0.841. The van der Waals surface area contributed by atoms with E-state index in [0.29, 0.717) is 5.02 Å². The molecule has 0 aliphatic carbocycles. The van der Waals surface area contributed by atoms with Crippen LogP contribution in [0.5, 0.6) is 5.75 Å². The van der Waals surface area contributed by atoms with Gasteiger partial charge in [0, 0.05) is 5.02 Å². The summed E-state index contributed by atoms with van der Waals surface area (Å²) in [7, 11) is -2.07. The summed E-state index contributed by atoms with van der Waals surface area (Å²) in [6.07, 6.45) is 0. The molecular formula is C7H6BrClO3S. The van der Waals surface area contributed by atoms with Gasteiger partial charge in [0.1, 0.15) is 10.6 Å². The lowest BCUT2D eigenvalue weighted by molar-refractivity contribution is 0.403. The number of halogens is 2. The third-order valence-electron chi connectivity index (χ3n) is 1.39. The lowest BCUT2D eigenvalue weighted by Crippen LogP contribution is -1.95. The Labute approximate surface area is 88.8 Å². The summed E-state index contributed by atoms with van der Waals surface area (Å²) in [5.41, 5.74) is 0. The van der Waals surface area contributed by atoms with Crippen molar-refractivity contribution >= 4 is 34.7 Å². The molecule has 0 amide bonds. The first-order valence-electron chi connectivity index (χ1n) is 3.23. The van der Waals surface area contributed by atoms with Gasteiger partial charge in [-0.25, -0.2) is 8.42 Å². The Morgan fingerprint density at radius 2 is 2.08 bits per heavy atom. The Hall–Kier alpha value is -0.260. The van der Waals surface area contributed by atoms with Crippen LogP contribution < -0.4 is 4.74 Å². The maximum Gasteiger partial charge on any atom is 0.241 e. The van der Waals surface area contributed by atoms with Crippen molar-refractivity contribution in [2.45, 2.75) is 4.90 Å². The first-order valence-corrected chi connectivity index (χ1v) is 6.94. The quantitative estimate of drug-likeness (QED) is 0.784. The second-order valence-corrected chi connectivity index (χ2v) is 6.54. The Kier molecular flexibility index (Phi) is 3.21. The van der Waals surface area contributed by atoms with Crippen molar-refractivity contribution in [3.8, 4) is 5.75 Å². The standard InChI is InChI=1S/C7H6BrClO3S/c1-12-6-3-2-5(9)4-7(6)13(8,10)11/h2-4H,1H3. The summed E-state index contributed by atoms with van der Waals surface area (Å²) in [4.78, 5) is 0.0301. The van der Waals surface area contributed by atoms with Crippen LogP contribution in [0.3, 0.4) is 0 Å². The maximum absolute atomic E-state index is 11.1. The second-order valence-electron chi connectivity index (χ2n) is 2.23. The molecule has 72 valence electrons. The topological polar surface area (TPSA) is 43.4 Å². The van der Waals surface area contributed by atoms with Gasteiger partial charge in [0.2, 0.25) is 8.27 Å². The molecule has 0 spiro atoms. The molecule has 0 aromatic heterocycles. The smallest absolute Gasteiger partial charge is 0.241 e. The van der Waals surface area contributed by atoms with E-state index in [1.54, 1.807) is 6.07 Å². The third kappa shape index (κ3) is 2.59. The fraction of sp³-hybridized carbons (Fsp3) is 0.143. The molecule has 1 aromatic carbocycles. The van der Waals surface area contributed by atoms with Crippen molar-refractivity contribution < 1.29 is 13.2 Å². The van der Waals surface area contributed by atoms with E-state index >= 15 is 0 Å². The Morgan fingerprint density at radius 1 is 1.46 bits per heavy atom. The largest absolute Gasteiger partial charge is 0.495 e. The number of ether oxygens (including phenoxy) is 1. The minimum absolute atomic E-state index is 0.0301. The van der Waals surface area contributed by atoms with Gasteiger partial charge in [-0.05, 0) is 18.2 Å². The van der Waals surface area contributed by atoms with Crippen LogP contribution in [0.15, 0.2) is 23.1 Å². The highest BCUT2D eigenvalue weighted by atomic mass is 79.9. The van der Waals surface area contributed by atoms with Gasteiger partial charge in [-0.1, -0.05) is 11.6 Å². The first kappa shape index (κ1) is 10.8. The molecule has 0 N–H and O–H groups in total. The monoisotopic (exact) mass is 284 g/mol. The van der Waals surface area contributed by atoms with Crippen LogP contribution in [0.1, 0.15) is 0 Å². The van der Waals surface area contributed by atoms with E-state index in [1.165, 1.54) is 19.2 Å². The Bertz CT molecular complexity index is 416. The molecule has 0 heterocycles. The number of hydrogen-bond acceptors (Lipinski definition) is 3.